The maximum Gasteiger partial charge on any atom is 0.416 e. The molecule has 13 nitrogen and oxygen atoms in total. The Hall–Kier alpha value is -4.81. The number of ether oxygens (including phenoxy) is 3. The number of aryl methyl sites for hydroxylation is 1. The van der Waals surface area contributed by atoms with E-state index < -0.39 is 35.5 Å². The fourth-order valence-corrected chi connectivity index (χ4v) is 6.21. The van der Waals surface area contributed by atoms with Crippen molar-refractivity contribution in [1.82, 2.24) is 24.6 Å². The fraction of sp³-hybridized carbons (Fsp3) is 0.528. The lowest BCUT2D eigenvalue weighted by atomic mass is 10.1. The minimum atomic E-state index is -0.845. The third-order valence-corrected chi connectivity index (χ3v) is 8.50. The zero-order chi connectivity index (χ0) is 35.7. The van der Waals surface area contributed by atoms with Gasteiger partial charge in [-0.3, -0.25) is 19.3 Å². The van der Waals surface area contributed by atoms with Crippen LogP contribution < -0.4 is 14.5 Å². The van der Waals surface area contributed by atoms with Crippen LogP contribution in [0.4, 0.5) is 26.9 Å². The smallest absolute Gasteiger partial charge is 0.416 e. The van der Waals surface area contributed by atoms with Crippen molar-refractivity contribution in [3.63, 3.8) is 0 Å². The van der Waals surface area contributed by atoms with Gasteiger partial charge < -0.3 is 24.0 Å². The van der Waals surface area contributed by atoms with Gasteiger partial charge in [-0.15, -0.1) is 0 Å². The molecule has 1 fully saturated rings. The number of amides is 3. The van der Waals surface area contributed by atoms with Gasteiger partial charge in [0, 0.05) is 33.7 Å². The zero-order valence-corrected chi connectivity index (χ0v) is 30.1. The average molecular weight is 676 g/mol. The molecule has 2 atom stereocenters. The Balaban J connectivity index is 1.65. The first-order valence-electron chi connectivity index (χ1n) is 16.7. The molecule has 4 bridgehead atoms. The predicted molar refractivity (Wildman–Crippen MR) is 186 cm³/mol. The van der Waals surface area contributed by atoms with E-state index in [1.165, 1.54) is 9.80 Å². The number of carbonyl (C=O) groups excluding carboxylic acids is 3. The van der Waals surface area contributed by atoms with E-state index in [0.29, 0.717) is 37.6 Å². The van der Waals surface area contributed by atoms with Crippen molar-refractivity contribution in [3.8, 4) is 5.75 Å². The maximum absolute atomic E-state index is 14.1. The summed E-state index contributed by atoms with van der Waals surface area (Å²) in [6.07, 6.45) is 2.07. The highest BCUT2D eigenvalue weighted by Crippen LogP contribution is 2.35. The van der Waals surface area contributed by atoms with Crippen molar-refractivity contribution in [2.75, 3.05) is 37.0 Å². The number of aromatic nitrogens is 3. The second-order valence-electron chi connectivity index (χ2n) is 14.6. The summed E-state index contributed by atoms with van der Waals surface area (Å²) >= 11 is 0. The van der Waals surface area contributed by atoms with Crippen LogP contribution in [-0.4, -0.2) is 93.2 Å². The number of likely N-dealkylation sites (N-methyl/N-ethyl adjacent to an activating group) is 1. The largest absolute Gasteiger partial charge is 0.497 e. The van der Waals surface area contributed by atoms with Crippen LogP contribution in [-0.2, 0) is 34.3 Å². The van der Waals surface area contributed by atoms with Gasteiger partial charge in [0.1, 0.15) is 34.6 Å². The zero-order valence-electron chi connectivity index (χ0n) is 30.1. The van der Waals surface area contributed by atoms with Crippen molar-refractivity contribution in [2.45, 2.75) is 90.6 Å². The molecule has 0 unspecified atom stereocenters. The normalized spacial score (nSPS) is 18.8. The van der Waals surface area contributed by atoms with Crippen molar-refractivity contribution < 1.29 is 28.6 Å². The van der Waals surface area contributed by atoms with Gasteiger partial charge in [-0.2, -0.15) is 5.10 Å². The summed E-state index contributed by atoms with van der Waals surface area (Å²) < 4.78 is 18.9. The van der Waals surface area contributed by atoms with Crippen LogP contribution in [0.2, 0.25) is 0 Å². The summed E-state index contributed by atoms with van der Waals surface area (Å²) in [6, 6.07) is 11.9. The molecule has 264 valence electrons. The van der Waals surface area contributed by atoms with Crippen LogP contribution in [0.15, 0.2) is 48.7 Å². The van der Waals surface area contributed by atoms with Gasteiger partial charge in [-0.05, 0) is 90.6 Å². The van der Waals surface area contributed by atoms with Crippen LogP contribution in [0.25, 0.3) is 0 Å². The Bertz CT molecular complexity index is 1660. The molecule has 4 heterocycles. The lowest BCUT2D eigenvalue weighted by molar-refractivity contribution is -0.134. The van der Waals surface area contributed by atoms with E-state index in [9.17, 15) is 14.4 Å². The van der Waals surface area contributed by atoms with Gasteiger partial charge in [0.2, 0.25) is 5.91 Å². The molecule has 1 saturated heterocycles. The van der Waals surface area contributed by atoms with Crippen molar-refractivity contribution >= 4 is 35.4 Å². The number of likely N-dealkylation sites (tertiary alicyclic amines) is 1. The quantitative estimate of drug-likeness (QED) is 0.345. The molecule has 5 rings (SSSR count). The summed E-state index contributed by atoms with van der Waals surface area (Å²) in [6.45, 7) is 11.7. The lowest BCUT2D eigenvalue weighted by Gasteiger charge is -2.32. The summed E-state index contributed by atoms with van der Waals surface area (Å²) in [4.78, 5) is 53.5. The van der Waals surface area contributed by atoms with Crippen LogP contribution >= 0.6 is 0 Å². The van der Waals surface area contributed by atoms with E-state index in [-0.39, 0.29) is 18.9 Å². The Labute approximate surface area is 288 Å². The van der Waals surface area contributed by atoms with E-state index >= 15 is 0 Å². The number of rotatable bonds is 3. The molecular formula is C36H49N7O6. The second-order valence-corrected chi connectivity index (χ2v) is 14.6. The maximum atomic E-state index is 14.1. The molecule has 0 spiro atoms. The first-order chi connectivity index (χ1) is 23.0. The standard InChI is InChI=1S/C36H49N7O6/c1-35(2,3)48-33(45)42-23-25-20-28(42)32(44)39(7)19-11-12-27-29(21-37-40(27)8)41(22-24-15-17-26(47-9)18-16-24)30-13-10-14-31(38-30)43(25)34(46)49-36(4,5)6/h10,13-18,21,25,28H,11-12,19-20,22-23H2,1-9H3/t25-,28-/m0/s1. The Morgan fingerprint density at radius 2 is 1.57 bits per heavy atom. The highest BCUT2D eigenvalue weighted by molar-refractivity contribution is 5.90. The fourth-order valence-electron chi connectivity index (χ4n) is 6.21. The number of benzene rings is 1. The van der Waals surface area contributed by atoms with Crippen LogP contribution in [0.1, 0.15) is 65.6 Å². The van der Waals surface area contributed by atoms with Crippen molar-refractivity contribution in [1.29, 1.82) is 0 Å². The minimum absolute atomic E-state index is 0.0621. The molecule has 2 aliphatic heterocycles. The molecule has 3 aromatic rings. The molecule has 0 saturated carbocycles. The number of nitrogens with zero attached hydrogens (tertiary/aromatic N) is 7. The summed E-state index contributed by atoms with van der Waals surface area (Å²) in [7, 11) is 5.28. The summed E-state index contributed by atoms with van der Waals surface area (Å²) in [5.74, 6) is 1.46. The number of fused-ring (bicyclic) bond motifs is 5. The van der Waals surface area contributed by atoms with Gasteiger partial charge in [0.25, 0.3) is 0 Å². The summed E-state index contributed by atoms with van der Waals surface area (Å²) in [5, 5.41) is 4.61. The highest BCUT2D eigenvalue weighted by atomic mass is 16.6. The van der Waals surface area contributed by atoms with E-state index in [2.05, 4.69) is 10.00 Å². The predicted octanol–water partition coefficient (Wildman–Crippen LogP) is 5.69. The van der Waals surface area contributed by atoms with E-state index in [4.69, 9.17) is 19.2 Å². The molecule has 0 aliphatic carbocycles. The SMILES string of the molecule is COc1ccc(CN2c3cccc(n3)N(C(=O)OC(C)(C)C)[C@H]3C[C@@H](C(=O)N(C)CCCc4c2cnn4C)N(C(=O)OC(C)(C)C)C3)cc1. The monoisotopic (exact) mass is 675 g/mol. The van der Waals surface area contributed by atoms with Gasteiger partial charge in [-0.25, -0.2) is 14.6 Å². The average Bonchev–Trinajstić information content (AvgIpc) is 3.62. The molecule has 2 aliphatic rings. The first-order valence-corrected chi connectivity index (χ1v) is 16.7. The third-order valence-electron chi connectivity index (χ3n) is 8.50. The number of hydrogen-bond donors (Lipinski definition) is 0. The minimum Gasteiger partial charge on any atom is -0.497 e. The van der Waals surface area contributed by atoms with Gasteiger partial charge in [0.15, 0.2) is 0 Å². The van der Waals surface area contributed by atoms with Crippen molar-refractivity contribution in [3.05, 3.63) is 59.9 Å². The van der Waals surface area contributed by atoms with Gasteiger partial charge in [0.05, 0.1) is 30.7 Å². The molecule has 0 N–H and O–H groups in total. The first kappa shape index (κ1) is 35.5. The van der Waals surface area contributed by atoms with E-state index in [1.807, 2.05) is 54.3 Å². The van der Waals surface area contributed by atoms with E-state index in [1.54, 1.807) is 66.7 Å². The molecule has 13 heteroatoms. The number of hydrogen-bond acceptors (Lipinski definition) is 9. The summed E-state index contributed by atoms with van der Waals surface area (Å²) in [5.41, 5.74) is 1.27. The van der Waals surface area contributed by atoms with Crippen LogP contribution in [0.3, 0.4) is 0 Å². The second kappa shape index (κ2) is 14.0. The number of anilines is 3. The Morgan fingerprint density at radius 3 is 2.22 bits per heavy atom. The molecular weight excluding hydrogens is 626 g/mol. The van der Waals surface area contributed by atoms with Gasteiger partial charge >= 0.3 is 12.2 Å². The Morgan fingerprint density at radius 1 is 0.918 bits per heavy atom. The number of pyridine rings is 1. The number of carbonyl (C=O) groups is 3. The molecule has 3 amide bonds. The van der Waals surface area contributed by atoms with Crippen molar-refractivity contribution in [2.24, 2.45) is 7.05 Å². The number of methoxy groups -OCH3 is 1. The lowest BCUT2D eigenvalue weighted by Crippen LogP contribution is -2.48. The van der Waals surface area contributed by atoms with Gasteiger partial charge in [-0.1, -0.05) is 18.2 Å². The third kappa shape index (κ3) is 8.26. The molecule has 0 radical (unpaired) electrons. The molecule has 1 aromatic carbocycles. The highest BCUT2D eigenvalue weighted by Gasteiger charge is 2.47. The molecule has 2 aromatic heterocycles. The van der Waals surface area contributed by atoms with E-state index in [0.717, 1.165) is 22.7 Å². The van der Waals surface area contributed by atoms with Crippen LogP contribution in [0, 0.1) is 0 Å². The van der Waals surface area contributed by atoms with Crippen LogP contribution in [0.5, 0.6) is 5.75 Å². The molecule has 49 heavy (non-hydrogen) atoms. The Kier molecular flexibility index (Phi) is 10.1. The topological polar surface area (TPSA) is 123 Å².